The van der Waals surface area contributed by atoms with Gasteiger partial charge in [0.05, 0.1) is 12.6 Å². The molecule has 1 heterocycles. The summed E-state index contributed by atoms with van der Waals surface area (Å²) in [7, 11) is 1.58. The number of hydrogen-bond donors (Lipinski definition) is 0. The molecule has 1 aromatic heterocycles. The SMILES string of the molecule is COc1ccc2ccc(C(=O)C(C)(C)C)cc2n1. The maximum absolute atomic E-state index is 12.2. The summed E-state index contributed by atoms with van der Waals surface area (Å²) in [6.07, 6.45) is 0. The number of nitrogens with zero attached hydrogens (tertiary/aromatic N) is 1. The van der Waals surface area contributed by atoms with E-state index in [1.54, 1.807) is 7.11 Å². The van der Waals surface area contributed by atoms with E-state index in [4.69, 9.17) is 4.74 Å². The number of carbonyl (C=O) groups excluding carboxylic acids is 1. The van der Waals surface area contributed by atoms with E-state index in [1.807, 2.05) is 51.1 Å². The minimum absolute atomic E-state index is 0.119. The number of rotatable bonds is 2. The van der Waals surface area contributed by atoms with Gasteiger partial charge < -0.3 is 4.74 Å². The van der Waals surface area contributed by atoms with Crippen LogP contribution in [-0.4, -0.2) is 17.9 Å². The van der Waals surface area contributed by atoms with Gasteiger partial charge in [-0.25, -0.2) is 4.98 Å². The number of benzene rings is 1. The van der Waals surface area contributed by atoms with E-state index in [2.05, 4.69) is 4.98 Å². The number of methoxy groups -OCH3 is 1. The van der Waals surface area contributed by atoms with Gasteiger partial charge in [0.15, 0.2) is 5.78 Å². The Kier molecular flexibility index (Phi) is 3.07. The number of Topliss-reactive ketones (excluding diaryl/α,β-unsaturated/α-hetero) is 1. The van der Waals surface area contributed by atoms with E-state index in [9.17, 15) is 4.79 Å². The fourth-order valence-electron chi connectivity index (χ4n) is 1.79. The van der Waals surface area contributed by atoms with Crippen LogP contribution in [0.25, 0.3) is 10.9 Å². The van der Waals surface area contributed by atoms with Crippen molar-refractivity contribution in [3.8, 4) is 5.88 Å². The van der Waals surface area contributed by atoms with Gasteiger partial charge in [-0.15, -0.1) is 0 Å². The summed E-state index contributed by atoms with van der Waals surface area (Å²) < 4.78 is 5.09. The van der Waals surface area contributed by atoms with Crippen molar-refractivity contribution in [2.45, 2.75) is 20.8 Å². The molecule has 2 aromatic rings. The van der Waals surface area contributed by atoms with Crippen LogP contribution in [0.1, 0.15) is 31.1 Å². The van der Waals surface area contributed by atoms with E-state index < -0.39 is 0 Å². The predicted octanol–water partition coefficient (Wildman–Crippen LogP) is 3.47. The third kappa shape index (κ3) is 2.35. The van der Waals surface area contributed by atoms with Crippen molar-refractivity contribution in [1.29, 1.82) is 0 Å². The lowest BCUT2D eigenvalue weighted by molar-refractivity contribution is 0.0858. The zero-order valence-corrected chi connectivity index (χ0v) is 11.2. The molecule has 0 saturated carbocycles. The standard InChI is InChI=1S/C15H17NO2/c1-15(2,3)14(17)11-6-5-10-7-8-13(18-4)16-12(10)9-11/h5-9H,1-4H3. The van der Waals surface area contributed by atoms with E-state index in [0.29, 0.717) is 11.4 Å². The van der Waals surface area contributed by atoms with Crippen LogP contribution in [-0.2, 0) is 0 Å². The molecule has 0 radical (unpaired) electrons. The van der Waals surface area contributed by atoms with Crippen molar-refractivity contribution in [2.24, 2.45) is 5.41 Å². The topological polar surface area (TPSA) is 39.2 Å². The van der Waals surface area contributed by atoms with Gasteiger partial charge >= 0.3 is 0 Å². The summed E-state index contributed by atoms with van der Waals surface area (Å²) in [5.74, 6) is 0.678. The minimum atomic E-state index is -0.382. The highest BCUT2D eigenvalue weighted by molar-refractivity contribution is 6.02. The first kappa shape index (κ1) is 12.6. The molecule has 3 heteroatoms. The molecule has 0 atom stereocenters. The normalized spacial score (nSPS) is 11.6. The second-order valence-corrected chi connectivity index (χ2v) is 5.34. The quantitative estimate of drug-likeness (QED) is 0.758. The van der Waals surface area contributed by atoms with Crippen LogP contribution in [0.2, 0.25) is 0 Å². The van der Waals surface area contributed by atoms with Crippen LogP contribution in [0.3, 0.4) is 0 Å². The minimum Gasteiger partial charge on any atom is -0.481 e. The average molecular weight is 243 g/mol. The molecule has 1 aromatic carbocycles. The van der Waals surface area contributed by atoms with Crippen LogP contribution in [0.15, 0.2) is 30.3 Å². The van der Waals surface area contributed by atoms with Gasteiger partial charge in [0.25, 0.3) is 0 Å². The van der Waals surface area contributed by atoms with Crippen LogP contribution in [0, 0.1) is 5.41 Å². The van der Waals surface area contributed by atoms with E-state index in [0.717, 1.165) is 10.9 Å². The molecule has 0 fully saturated rings. The summed E-state index contributed by atoms with van der Waals surface area (Å²) in [5, 5.41) is 1.00. The fourth-order valence-corrected chi connectivity index (χ4v) is 1.79. The largest absolute Gasteiger partial charge is 0.481 e. The number of carbonyl (C=O) groups is 1. The second-order valence-electron chi connectivity index (χ2n) is 5.34. The van der Waals surface area contributed by atoms with Gasteiger partial charge in [-0.3, -0.25) is 4.79 Å². The Morgan fingerprint density at radius 3 is 2.44 bits per heavy atom. The molecule has 0 aliphatic carbocycles. The first-order valence-electron chi connectivity index (χ1n) is 5.91. The van der Waals surface area contributed by atoms with Crippen molar-refractivity contribution >= 4 is 16.7 Å². The monoisotopic (exact) mass is 243 g/mol. The van der Waals surface area contributed by atoms with Crippen molar-refractivity contribution in [2.75, 3.05) is 7.11 Å². The molecule has 2 rings (SSSR count). The Hall–Kier alpha value is -1.90. The summed E-state index contributed by atoms with van der Waals surface area (Å²) in [6.45, 7) is 5.75. The lowest BCUT2D eigenvalue weighted by atomic mass is 9.86. The van der Waals surface area contributed by atoms with Crippen molar-refractivity contribution in [3.63, 3.8) is 0 Å². The number of pyridine rings is 1. The molecule has 0 amide bonds. The Labute approximate surface area is 107 Å². The van der Waals surface area contributed by atoms with Crippen molar-refractivity contribution in [1.82, 2.24) is 4.98 Å². The van der Waals surface area contributed by atoms with Crippen LogP contribution in [0.5, 0.6) is 5.88 Å². The van der Waals surface area contributed by atoms with Gasteiger partial charge in [0.2, 0.25) is 5.88 Å². The maximum atomic E-state index is 12.2. The number of aromatic nitrogens is 1. The zero-order chi connectivity index (χ0) is 13.3. The van der Waals surface area contributed by atoms with E-state index in [1.165, 1.54) is 0 Å². The number of ether oxygens (including phenoxy) is 1. The molecule has 0 aliphatic heterocycles. The first-order chi connectivity index (χ1) is 8.41. The predicted molar refractivity (Wildman–Crippen MR) is 72.1 cm³/mol. The Morgan fingerprint density at radius 2 is 1.83 bits per heavy atom. The number of fused-ring (bicyclic) bond motifs is 1. The van der Waals surface area contributed by atoms with E-state index in [-0.39, 0.29) is 11.2 Å². The molecule has 0 bridgehead atoms. The third-order valence-electron chi connectivity index (χ3n) is 2.82. The Morgan fingerprint density at radius 1 is 1.17 bits per heavy atom. The smallest absolute Gasteiger partial charge is 0.213 e. The first-order valence-corrected chi connectivity index (χ1v) is 5.91. The summed E-state index contributed by atoms with van der Waals surface area (Å²) in [6, 6.07) is 9.34. The van der Waals surface area contributed by atoms with Gasteiger partial charge in [-0.1, -0.05) is 32.9 Å². The zero-order valence-electron chi connectivity index (χ0n) is 11.2. The molecule has 0 spiro atoms. The maximum Gasteiger partial charge on any atom is 0.213 e. The third-order valence-corrected chi connectivity index (χ3v) is 2.82. The number of hydrogen-bond acceptors (Lipinski definition) is 3. The Bertz CT molecular complexity index is 597. The second kappa shape index (κ2) is 4.41. The Balaban J connectivity index is 2.52. The lowest BCUT2D eigenvalue weighted by Crippen LogP contribution is -2.20. The highest BCUT2D eigenvalue weighted by atomic mass is 16.5. The molecular weight excluding hydrogens is 226 g/mol. The van der Waals surface area contributed by atoms with Crippen LogP contribution >= 0.6 is 0 Å². The van der Waals surface area contributed by atoms with Gasteiger partial charge in [-0.05, 0) is 12.1 Å². The van der Waals surface area contributed by atoms with Crippen molar-refractivity contribution in [3.05, 3.63) is 35.9 Å². The summed E-state index contributed by atoms with van der Waals surface area (Å²) >= 11 is 0. The molecule has 0 unspecified atom stereocenters. The summed E-state index contributed by atoms with van der Waals surface area (Å²) in [5.41, 5.74) is 1.09. The van der Waals surface area contributed by atoms with E-state index >= 15 is 0 Å². The fraction of sp³-hybridized carbons (Fsp3) is 0.333. The average Bonchev–Trinajstić information content (AvgIpc) is 2.35. The van der Waals surface area contributed by atoms with Crippen molar-refractivity contribution < 1.29 is 9.53 Å². The van der Waals surface area contributed by atoms with Crippen LogP contribution < -0.4 is 4.74 Å². The molecular formula is C15H17NO2. The van der Waals surface area contributed by atoms with Gasteiger partial charge in [-0.2, -0.15) is 0 Å². The molecule has 0 N–H and O–H groups in total. The molecule has 18 heavy (non-hydrogen) atoms. The lowest BCUT2D eigenvalue weighted by Gasteiger charge is -2.16. The van der Waals surface area contributed by atoms with Gasteiger partial charge in [0.1, 0.15) is 0 Å². The van der Waals surface area contributed by atoms with Gasteiger partial charge in [0, 0.05) is 22.4 Å². The number of ketones is 1. The highest BCUT2D eigenvalue weighted by Crippen LogP contribution is 2.24. The molecule has 0 aliphatic rings. The molecule has 3 nitrogen and oxygen atoms in total. The molecule has 0 saturated heterocycles. The van der Waals surface area contributed by atoms with Crippen LogP contribution in [0.4, 0.5) is 0 Å². The summed E-state index contributed by atoms with van der Waals surface area (Å²) in [4.78, 5) is 16.5. The molecule has 94 valence electrons. The highest BCUT2D eigenvalue weighted by Gasteiger charge is 2.22.